The molecule has 2 atom stereocenters. The van der Waals surface area contributed by atoms with Gasteiger partial charge in [0.1, 0.15) is 0 Å². The topological polar surface area (TPSA) is 72.4 Å². The van der Waals surface area contributed by atoms with Crippen LogP contribution < -0.4 is 10.6 Å². The minimum Gasteiger partial charge on any atom is -0.370 e. The molecule has 1 aromatic carbocycles. The predicted molar refractivity (Wildman–Crippen MR) is 74.8 cm³/mol. The summed E-state index contributed by atoms with van der Waals surface area (Å²) in [4.78, 5) is 12.5. The molecule has 1 heterocycles. The molecule has 1 saturated heterocycles. The van der Waals surface area contributed by atoms with Gasteiger partial charge in [-0.1, -0.05) is 6.92 Å². The summed E-state index contributed by atoms with van der Waals surface area (Å²) in [5, 5.41) is 10.7. The van der Waals surface area contributed by atoms with Crippen molar-refractivity contribution in [1.82, 2.24) is 0 Å². The van der Waals surface area contributed by atoms with Gasteiger partial charge in [0.25, 0.3) is 5.69 Å². The maximum atomic E-state index is 10.7. The Hall–Kier alpha value is -1.14. The van der Waals surface area contributed by atoms with Gasteiger partial charge in [-0.2, -0.15) is 0 Å². The van der Waals surface area contributed by atoms with Gasteiger partial charge in [0.2, 0.25) is 0 Å². The van der Waals surface area contributed by atoms with E-state index in [1.807, 2.05) is 0 Å². The lowest BCUT2D eigenvalue weighted by Crippen LogP contribution is -2.46. The van der Waals surface area contributed by atoms with E-state index < -0.39 is 0 Å². The molecule has 0 spiro atoms. The normalized spacial score (nSPS) is 24.1. The van der Waals surface area contributed by atoms with Crippen molar-refractivity contribution in [1.29, 1.82) is 0 Å². The third kappa shape index (κ3) is 2.64. The summed E-state index contributed by atoms with van der Waals surface area (Å²) in [6, 6.07) is 5.14. The van der Waals surface area contributed by atoms with Crippen molar-refractivity contribution >= 4 is 27.3 Å². The van der Waals surface area contributed by atoms with Crippen LogP contribution in [0.5, 0.6) is 0 Å². The number of anilines is 1. The van der Waals surface area contributed by atoms with E-state index in [0.717, 1.165) is 29.7 Å². The number of halogens is 1. The Morgan fingerprint density at radius 1 is 1.56 bits per heavy atom. The van der Waals surface area contributed by atoms with Crippen LogP contribution in [0.2, 0.25) is 0 Å². The van der Waals surface area contributed by atoms with E-state index in [4.69, 9.17) is 5.73 Å². The Morgan fingerprint density at radius 2 is 2.28 bits per heavy atom. The van der Waals surface area contributed by atoms with Gasteiger partial charge < -0.3 is 10.6 Å². The highest BCUT2D eigenvalue weighted by atomic mass is 79.9. The van der Waals surface area contributed by atoms with Crippen LogP contribution in [0.4, 0.5) is 11.4 Å². The monoisotopic (exact) mass is 313 g/mol. The van der Waals surface area contributed by atoms with Gasteiger partial charge in [0.15, 0.2) is 0 Å². The molecule has 5 nitrogen and oxygen atoms in total. The van der Waals surface area contributed by atoms with Crippen molar-refractivity contribution < 1.29 is 4.92 Å². The lowest BCUT2D eigenvalue weighted by atomic mass is 9.94. The summed E-state index contributed by atoms with van der Waals surface area (Å²) in [7, 11) is 0. The average Bonchev–Trinajstić information content (AvgIpc) is 2.32. The molecular weight excluding hydrogens is 298 g/mol. The fraction of sp³-hybridized carbons (Fsp3) is 0.500. The molecule has 18 heavy (non-hydrogen) atoms. The summed E-state index contributed by atoms with van der Waals surface area (Å²) >= 11 is 3.41. The zero-order valence-electron chi connectivity index (χ0n) is 10.2. The second-order valence-electron chi connectivity index (χ2n) is 4.77. The van der Waals surface area contributed by atoms with Crippen molar-refractivity contribution in [3.05, 3.63) is 32.8 Å². The highest BCUT2D eigenvalue weighted by molar-refractivity contribution is 9.10. The van der Waals surface area contributed by atoms with Crippen LogP contribution >= 0.6 is 15.9 Å². The van der Waals surface area contributed by atoms with E-state index >= 15 is 0 Å². The summed E-state index contributed by atoms with van der Waals surface area (Å²) < 4.78 is 0.763. The SMILES string of the molecule is CC1CN(c2ccc([N+](=O)[O-])cc2Br)CCC1N. The molecule has 0 amide bonds. The van der Waals surface area contributed by atoms with E-state index in [1.165, 1.54) is 0 Å². The Balaban J connectivity index is 2.21. The number of non-ortho nitro benzene ring substituents is 1. The number of nitrogens with two attached hydrogens (primary N) is 1. The highest BCUT2D eigenvalue weighted by Gasteiger charge is 2.24. The van der Waals surface area contributed by atoms with Gasteiger partial charge >= 0.3 is 0 Å². The molecule has 0 aromatic heterocycles. The molecule has 98 valence electrons. The summed E-state index contributed by atoms with van der Waals surface area (Å²) in [6.45, 7) is 3.91. The minimum absolute atomic E-state index is 0.104. The van der Waals surface area contributed by atoms with Gasteiger partial charge in [-0.3, -0.25) is 10.1 Å². The van der Waals surface area contributed by atoms with Crippen LogP contribution in [-0.4, -0.2) is 24.1 Å². The van der Waals surface area contributed by atoms with Crippen LogP contribution in [0, 0.1) is 16.0 Å². The molecule has 1 fully saturated rings. The number of benzene rings is 1. The van der Waals surface area contributed by atoms with Gasteiger partial charge in [-0.05, 0) is 34.3 Å². The third-order valence-electron chi connectivity index (χ3n) is 3.45. The van der Waals surface area contributed by atoms with Crippen molar-refractivity contribution in [2.75, 3.05) is 18.0 Å². The molecule has 0 saturated carbocycles. The quantitative estimate of drug-likeness (QED) is 0.672. The number of nitrogens with zero attached hydrogens (tertiary/aromatic N) is 2. The molecule has 6 heteroatoms. The van der Waals surface area contributed by atoms with Crippen molar-refractivity contribution in [3.8, 4) is 0 Å². The summed E-state index contributed by atoms with van der Waals surface area (Å²) in [5.74, 6) is 0.431. The number of nitro benzene ring substituents is 1. The Kier molecular flexibility index (Phi) is 3.87. The van der Waals surface area contributed by atoms with Crippen LogP contribution in [0.1, 0.15) is 13.3 Å². The lowest BCUT2D eigenvalue weighted by Gasteiger charge is -2.37. The molecule has 0 aliphatic carbocycles. The molecule has 0 bridgehead atoms. The smallest absolute Gasteiger partial charge is 0.270 e. The molecule has 1 aliphatic heterocycles. The fourth-order valence-corrected chi connectivity index (χ4v) is 2.87. The zero-order chi connectivity index (χ0) is 13.3. The number of hydrogen-bond acceptors (Lipinski definition) is 4. The molecule has 2 rings (SSSR count). The predicted octanol–water partition coefficient (Wildman–Crippen LogP) is 2.53. The first-order chi connectivity index (χ1) is 8.49. The fourth-order valence-electron chi connectivity index (χ4n) is 2.25. The maximum absolute atomic E-state index is 10.7. The second-order valence-corrected chi connectivity index (χ2v) is 5.62. The van der Waals surface area contributed by atoms with Crippen LogP contribution in [0.3, 0.4) is 0 Å². The van der Waals surface area contributed by atoms with Crippen LogP contribution in [0.25, 0.3) is 0 Å². The Labute approximate surface area is 114 Å². The zero-order valence-corrected chi connectivity index (χ0v) is 11.8. The maximum Gasteiger partial charge on any atom is 0.270 e. The van der Waals surface area contributed by atoms with Crippen LogP contribution in [0.15, 0.2) is 22.7 Å². The largest absolute Gasteiger partial charge is 0.370 e. The highest BCUT2D eigenvalue weighted by Crippen LogP contribution is 2.32. The standard InChI is InChI=1S/C12H16BrN3O2/c1-8-7-15(5-4-11(8)14)12-3-2-9(16(17)18)6-10(12)13/h2-3,6,8,11H,4-5,7,14H2,1H3. The van der Waals surface area contributed by atoms with E-state index in [1.54, 1.807) is 18.2 Å². The van der Waals surface area contributed by atoms with E-state index in [9.17, 15) is 10.1 Å². The van der Waals surface area contributed by atoms with Crippen molar-refractivity contribution in [2.24, 2.45) is 11.7 Å². The Morgan fingerprint density at radius 3 is 2.83 bits per heavy atom. The second kappa shape index (κ2) is 5.24. The van der Waals surface area contributed by atoms with Gasteiger partial charge in [-0.15, -0.1) is 0 Å². The first-order valence-corrected chi connectivity index (χ1v) is 6.73. The number of rotatable bonds is 2. The molecule has 1 aromatic rings. The Bertz CT molecular complexity index is 467. The lowest BCUT2D eigenvalue weighted by molar-refractivity contribution is -0.384. The molecule has 0 radical (unpaired) electrons. The van der Waals surface area contributed by atoms with Crippen LogP contribution in [-0.2, 0) is 0 Å². The number of nitro groups is 1. The molecular formula is C12H16BrN3O2. The number of hydrogen-bond donors (Lipinski definition) is 1. The summed E-state index contributed by atoms with van der Waals surface area (Å²) in [5.41, 5.74) is 7.10. The molecule has 1 aliphatic rings. The van der Waals surface area contributed by atoms with Gasteiger partial charge in [-0.25, -0.2) is 0 Å². The average molecular weight is 314 g/mol. The number of piperidine rings is 1. The minimum atomic E-state index is -0.386. The van der Waals surface area contributed by atoms with E-state index in [2.05, 4.69) is 27.8 Å². The molecule has 2 N–H and O–H groups in total. The first-order valence-electron chi connectivity index (χ1n) is 5.93. The van der Waals surface area contributed by atoms with E-state index in [-0.39, 0.29) is 16.7 Å². The molecule has 2 unspecified atom stereocenters. The van der Waals surface area contributed by atoms with Gasteiger partial charge in [0.05, 0.1) is 10.6 Å². The summed E-state index contributed by atoms with van der Waals surface area (Å²) in [6.07, 6.45) is 0.949. The van der Waals surface area contributed by atoms with Crippen molar-refractivity contribution in [3.63, 3.8) is 0 Å². The third-order valence-corrected chi connectivity index (χ3v) is 4.09. The van der Waals surface area contributed by atoms with Crippen molar-refractivity contribution in [2.45, 2.75) is 19.4 Å². The first kappa shape index (κ1) is 13.3. The van der Waals surface area contributed by atoms with Gasteiger partial charge in [0, 0.05) is 35.7 Å². The van der Waals surface area contributed by atoms with E-state index in [0.29, 0.717) is 5.92 Å².